The summed E-state index contributed by atoms with van der Waals surface area (Å²) in [6, 6.07) is 1.63. The summed E-state index contributed by atoms with van der Waals surface area (Å²) in [7, 11) is 1.53. The summed E-state index contributed by atoms with van der Waals surface area (Å²) in [5.41, 5.74) is -1.13. The van der Waals surface area contributed by atoms with Crippen LogP contribution in [-0.2, 0) is 4.79 Å². The summed E-state index contributed by atoms with van der Waals surface area (Å²) < 4.78 is 5.04. The highest BCUT2D eigenvalue weighted by Crippen LogP contribution is 2.33. The molecule has 1 aromatic rings. The van der Waals surface area contributed by atoms with Crippen molar-refractivity contribution in [3.63, 3.8) is 0 Å². The summed E-state index contributed by atoms with van der Waals surface area (Å²) in [6.45, 7) is 2.02. The molecular weight excluding hydrogens is 278 g/mol. The normalized spacial score (nSPS) is 26.0. The van der Waals surface area contributed by atoms with Crippen molar-refractivity contribution in [2.75, 3.05) is 7.11 Å². The van der Waals surface area contributed by atoms with Gasteiger partial charge in [0, 0.05) is 11.4 Å². The molecule has 1 amide bonds. The fourth-order valence-electron chi connectivity index (χ4n) is 2.74. The SMILES string of the molecule is COc1csc(C(=O)NC2(C(=O)O)CCCC(C)C2)c1. The van der Waals surface area contributed by atoms with Crippen LogP contribution in [0.3, 0.4) is 0 Å². The molecule has 1 fully saturated rings. The lowest BCUT2D eigenvalue weighted by Gasteiger charge is -2.36. The molecule has 0 bridgehead atoms. The zero-order valence-electron chi connectivity index (χ0n) is 11.6. The fourth-order valence-corrected chi connectivity index (χ4v) is 3.49. The third kappa shape index (κ3) is 2.95. The van der Waals surface area contributed by atoms with E-state index >= 15 is 0 Å². The second-order valence-corrected chi connectivity index (χ2v) is 6.30. The molecule has 110 valence electrons. The Bertz CT molecular complexity index is 513. The minimum absolute atomic E-state index is 0.304. The lowest BCUT2D eigenvalue weighted by molar-refractivity contribution is -0.146. The van der Waals surface area contributed by atoms with Crippen LogP contribution in [0, 0.1) is 5.92 Å². The first kappa shape index (κ1) is 14.8. The first-order valence-electron chi connectivity index (χ1n) is 6.65. The molecule has 0 spiro atoms. The Morgan fingerprint density at radius 2 is 2.30 bits per heavy atom. The van der Waals surface area contributed by atoms with Crippen molar-refractivity contribution in [1.82, 2.24) is 5.32 Å². The number of nitrogens with one attached hydrogen (secondary N) is 1. The number of carboxylic acid groups (broad SMARTS) is 1. The molecule has 0 radical (unpaired) electrons. The van der Waals surface area contributed by atoms with E-state index in [4.69, 9.17) is 4.74 Å². The van der Waals surface area contributed by atoms with Crippen LogP contribution in [0.25, 0.3) is 0 Å². The molecule has 2 N–H and O–H groups in total. The van der Waals surface area contributed by atoms with Crippen molar-refractivity contribution in [3.8, 4) is 5.75 Å². The maximum Gasteiger partial charge on any atom is 0.329 e. The molecule has 1 heterocycles. The van der Waals surface area contributed by atoms with Gasteiger partial charge in [0.1, 0.15) is 11.3 Å². The molecule has 0 saturated heterocycles. The van der Waals surface area contributed by atoms with E-state index in [0.29, 0.717) is 29.4 Å². The number of ether oxygens (including phenoxy) is 1. The minimum atomic E-state index is -1.13. The van der Waals surface area contributed by atoms with Crippen molar-refractivity contribution in [2.45, 2.75) is 38.1 Å². The first-order chi connectivity index (χ1) is 9.47. The Morgan fingerprint density at radius 3 is 2.85 bits per heavy atom. The lowest BCUT2D eigenvalue weighted by Crippen LogP contribution is -2.56. The van der Waals surface area contributed by atoms with Gasteiger partial charge < -0.3 is 15.2 Å². The Labute approximate surface area is 121 Å². The van der Waals surface area contributed by atoms with Crippen LogP contribution >= 0.6 is 11.3 Å². The van der Waals surface area contributed by atoms with Crippen LogP contribution in [0.4, 0.5) is 0 Å². The average molecular weight is 297 g/mol. The average Bonchev–Trinajstić information content (AvgIpc) is 2.87. The molecule has 0 aliphatic heterocycles. The molecule has 20 heavy (non-hydrogen) atoms. The summed E-state index contributed by atoms with van der Waals surface area (Å²) in [5, 5.41) is 14.0. The standard InChI is InChI=1S/C14H19NO4S/c1-9-4-3-5-14(7-9,13(17)18)15-12(16)11-6-10(19-2)8-20-11/h6,8-9H,3-5,7H2,1-2H3,(H,15,16)(H,17,18). The highest BCUT2D eigenvalue weighted by molar-refractivity contribution is 7.12. The van der Waals surface area contributed by atoms with E-state index in [1.54, 1.807) is 11.4 Å². The van der Waals surface area contributed by atoms with E-state index in [1.807, 2.05) is 6.92 Å². The number of carbonyl (C=O) groups excluding carboxylic acids is 1. The van der Waals surface area contributed by atoms with Gasteiger partial charge in [-0.05, 0) is 18.8 Å². The predicted molar refractivity (Wildman–Crippen MR) is 76.3 cm³/mol. The number of amides is 1. The van der Waals surface area contributed by atoms with Crippen molar-refractivity contribution in [2.24, 2.45) is 5.92 Å². The molecule has 1 aromatic heterocycles. The van der Waals surface area contributed by atoms with Gasteiger partial charge in [0.15, 0.2) is 0 Å². The van der Waals surface area contributed by atoms with E-state index in [0.717, 1.165) is 12.8 Å². The first-order valence-corrected chi connectivity index (χ1v) is 7.53. The van der Waals surface area contributed by atoms with Crippen LogP contribution in [0.2, 0.25) is 0 Å². The third-order valence-electron chi connectivity index (χ3n) is 3.79. The molecule has 2 atom stereocenters. The molecular formula is C14H19NO4S. The summed E-state index contributed by atoms with van der Waals surface area (Å²) in [4.78, 5) is 24.3. The van der Waals surface area contributed by atoms with Crippen LogP contribution in [-0.4, -0.2) is 29.6 Å². The van der Waals surface area contributed by atoms with Crippen LogP contribution in [0.15, 0.2) is 11.4 Å². The molecule has 0 aromatic carbocycles. The van der Waals surface area contributed by atoms with Crippen molar-refractivity contribution >= 4 is 23.2 Å². The lowest BCUT2D eigenvalue weighted by atomic mass is 9.76. The number of rotatable bonds is 4. The van der Waals surface area contributed by atoms with Crippen LogP contribution < -0.4 is 10.1 Å². The highest BCUT2D eigenvalue weighted by Gasteiger charge is 2.43. The van der Waals surface area contributed by atoms with Gasteiger partial charge in [-0.25, -0.2) is 4.79 Å². The second-order valence-electron chi connectivity index (χ2n) is 5.39. The zero-order chi connectivity index (χ0) is 14.8. The van der Waals surface area contributed by atoms with Crippen molar-refractivity contribution in [1.29, 1.82) is 0 Å². The number of methoxy groups -OCH3 is 1. The molecule has 6 heteroatoms. The number of carboxylic acids is 1. The van der Waals surface area contributed by atoms with E-state index in [-0.39, 0.29) is 5.91 Å². The van der Waals surface area contributed by atoms with E-state index in [2.05, 4.69) is 5.32 Å². The molecule has 2 rings (SSSR count). The highest BCUT2D eigenvalue weighted by atomic mass is 32.1. The number of carbonyl (C=O) groups is 2. The van der Waals surface area contributed by atoms with Gasteiger partial charge in [-0.1, -0.05) is 19.8 Å². The number of thiophene rings is 1. The molecule has 2 unspecified atom stereocenters. The minimum Gasteiger partial charge on any atom is -0.496 e. The topological polar surface area (TPSA) is 75.6 Å². The summed E-state index contributed by atoms with van der Waals surface area (Å²) in [6.07, 6.45) is 2.80. The smallest absolute Gasteiger partial charge is 0.329 e. The molecule has 1 aliphatic carbocycles. The Balaban J connectivity index is 2.15. The molecule has 1 aliphatic rings. The van der Waals surface area contributed by atoms with Gasteiger partial charge in [0.25, 0.3) is 5.91 Å². The maximum atomic E-state index is 12.2. The third-order valence-corrected chi connectivity index (χ3v) is 4.70. The quantitative estimate of drug-likeness (QED) is 0.895. The fraction of sp³-hybridized carbons (Fsp3) is 0.571. The number of hydrogen-bond acceptors (Lipinski definition) is 4. The van der Waals surface area contributed by atoms with Gasteiger partial charge >= 0.3 is 5.97 Å². The van der Waals surface area contributed by atoms with Gasteiger partial charge in [-0.2, -0.15) is 0 Å². The zero-order valence-corrected chi connectivity index (χ0v) is 12.5. The van der Waals surface area contributed by atoms with Gasteiger partial charge in [0.2, 0.25) is 0 Å². The largest absolute Gasteiger partial charge is 0.496 e. The maximum absolute atomic E-state index is 12.2. The van der Waals surface area contributed by atoms with Crippen molar-refractivity contribution in [3.05, 3.63) is 16.3 Å². The molecule has 1 saturated carbocycles. The second kappa shape index (κ2) is 5.83. The van der Waals surface area contributed by atoms with Crippen LogP contribution in [0.5, 0.6) is 5.75 Å². The van der Waals surface area contributed by atoms with Crippen molar-refractivity contribution < 1.29 is 19.4 Å². The van der Waals surface area contributed by atoms with E-state index in [1.165, 1.54) is 18.4 Å². The Morgan fingerprint density at radius 1 is 1.55 bits per heavy atom. The van der Waals surface area contributed by atoms with Crippen LogP contribution in [0.1, 0.15) is 42.3 Å². The van der Waals surface area contributed by atoms with E-state index < -0.39 is 11.5 Å². The van der Waals surface area contributed by atoms with Gasteiger partial charge in [-0.15, -0.1) is 11.3 Å². The molecule has 5 nitrogen and oxygen atoms in total. The summed E-state index contributed by atoms with van der Waals surface area (Å²) in [5.74, 6) is -0.365. The monoisotopic (exact) mass is 297 g/mol. The van der Waals surface area contributed by atoms with Gasteiger partial charge in [0.05, 0.1) is 12.0 Å². The van der Waals surface area contributed by atoms with E-state index in [9.17, 15) is 14.7 Å². The number of hydrogen-bond donors (Lipinski definition) is 2. The Hall–Kier alpha value is -1.56. The summed E-state index contributed by atoms with van der Waals surface area (Å²) >= 11 is 1.25. The Kier molecular flexibility index (Phi) is 4.32. The predicted octanol–water partition coefficient (Wildman–Crippen LogP) is 2.52. The number of aliphatic carboxylic acids is 1. The van der Waals surface area contributed by atoms with Gasteiger partial charge in [-0.3, -0.25) is 4.79 Å².